The molecule has 2 nitrogen and oxygen atoms in total. The zero-order valence-corrected chi connectivity index (χ0v) is 11.8. The average molecular weight is 286 g/mol. The van der Waals surface area contributed by atoms with Crippen LogP contribution in [0.2, 0.25) is 0 Å². The minimum atomic E-state index is 0.280. The average Bonchev–Trinajstić information content (AvgIpc) is 2.28. The van der Waals surface area contributed by atoms with Crippen LogP contribution in [0.5, 0.6) is 0 Å². The molecule has 1 unspecified atom stereocenters. The number of hydrogen-bond acceptors (Lipinski definition) is 2. The Morgan fingerprint density at radius 3 is 2.81 bits per heavy atom. The molecule has 0 radical (unpaired) electrons. The smallest absolute Gasteiger partial charge is 0.0657 e. The van der Waals surface area contributed by atoms with Gasteiger partial charge in [0, 0.05) is 11.6 Å². The molecule has 0 aliphatic heterocycles. The molecule has 0 saturated heterocycles. The number of hydrogen-bond donors (Lipinski definition) is 1. The van der Waals surface area contributed by atoms with E-state index in [1.807, 2.05) is 0 Å². The highest BCUT2D eigenvalue weighted by Crippen LogP contribution is 2.22. The first-order chi connectivity index (χ1) is 7.69. The summed E-state index contributed by atoms with van der Waals surface area (Å²) in [4.78, 5) is 0. The summed E-state index contributed by atoms with van der Waals surface area (Å²) in [6.07, 6.45) is 1.13. The molecule has 1 rings (SSSR count). The summed E-state index contributed by atoms with van der Waals surface area (Å²) in [6.45, 7) is 6.03. The Hall–Kier alpha value is -0.380. The fourth-order valence-corrected chi connectivity index (χ4v) is 2.11. The molecule has 0 heterocycles. The Bertz CT molecular complexity index is 328. The van der Waals surface area contributed by atoms with Gasteiger partial charge in [0.05, 0.1) is 12.6 Å². The molecule has 1 aromatic rings. The van der Waals surface area contributed by atoms with Crippen LogP contribution in [0.15, 0.2) is 22.7 Å². The predicted molar refractivity (Wildman–Crippen MR) is 71.8 cm³/mol. The van der Waals surface area contributed by atoms with Crippen molar-refractivity contribution in [3.05, 3.63) is 33.8 Å². The first-order valence-corrected chi connectivity index (χ1v) is 6.46. The first kappa shape index (κ1) is 13.7. The van der Waals surface area contributed by atoms with Crippen LogP contribution in [-0.4, -0.2) is 20.3 Å². The largest absolute Gasteiger partial charge is 0.383 e. The van der Waals surface area contributed by atoms with Gasteiger partial charge < -0.3 is 10.1 Å². The van der Waals surface area contributed by atoms with Gasteiger partial charge in [-0.3, -0.25) is 0 Å². The summed E-state index contributed by atoms with van der Waals surface area (Å²) in [6, 6.07) is 6.65. The third-order valence-electron chi connectivity index (χ3n) is 2.59. The lowest BCUT2D eigenvalue weighted by Crippen LogP contribution is -2.26. The minimum Gasteiger partial charge on any atom is -0.383 e. The highest BCUT2D eigenvalue weighted by molar-refractivity contribution is 9.10. The molecule has 16 heavy (non-hydrogen) atoms. The maximum atomic E-state index is 5.27. The van der Waals surface area contributed by atoms with Crippen LogP contribution in [0.3, 0.4) is 0 Å². The molecule has 0 aliphatic carbocycles. The standard InChI is InChI=1S/C13H20BrNO/c1-4-7-15-13(9-16-3)12-8-11(14)6-5-10(12)2/h5-6,8,13,15H,4,7,9H2,1-3H3. The van der Waals surface area contributed by atoms with E-state index in [0.717, 1.165) is 17.4 Å². The van der Waals surface area contributed by atoms with E-state index in [4.69, 9.17) is 4.74 Å². The summed E-state index contributed by atoms with van der Waals surface area (Å²) in [5.74, 6) is 0. The maximum Gasteiger partial charge on any atom is 0.0657 e. The number of rotatable bonds is 6. The third kappa shape index (κ3) is 3.89. The quantitative estimate of drug-likeness (QED) is 0.865. The molecule has 0 fully saturated rings. The number of aryl methyl sites for hydroxylation is 1. The van der Waals surface area contributed by atoms with E-state index in [1.165, 1.54) is 11.1 Å². The van der Waals surface area contributed by atoms with E-state index < -0.39 is 0 Å². The molecule has 1 N–H and O–H groups in total. The third-order valence-corrected chi connectivity index (χ3v) is 3.08. The van der Waals surface area contributed by atoms with Crippen LogP contribution >= 0.6 is 15.9 Å². The summed E-state index contributed by atoms with van der Waals surface area (Å²) < 4.78 is 6.39. The topological polar surface area (TPSA) is 21.3 Å². The van der Waals surface area contributed by atoms with Gasteiger partial charge in [-0.25, -0.2) is 0 Å². The van der Waals surface area contributed by atoms with Crippen molar-refractivity contribution < 1.29 is 4.74 Å². The first-order valence-electron chi connectivity index (χ1n) is 5.67. The van der Waals surface area contributed by atoms with Crippen molar-refractivity contribution in [1.29, 1.82) is 0 Å². The Balaban J connectivity index is 2.85. The van der Waals surface area contributed by atoms with Gasteiger partial charge in [0.15, 0.2) is 0 Å². The van der Waals surface area contributed by atoms with Crippen LogP contribution in [0.4, 0.5) is 0 Å². The van der Waals surface area contributed by atoms with E-state index in [1.54, 1.807) is 7.11 Å². The zero-order chi connectivity index (χ0) is 12.0. The van der Waals surface area contributed by atoms with Crippen molar-refractivity contribution in [2.24, 2.45) is 0 Å². The van der Waals surface area contributed by atoms with Gasteiger partial charge in [-0.15, -0.1) is 0 Å². The molecule has 0 bridgehead atoms. The molecular formula is C13H20BrNO. The normalized spacial score (nSPS) is 12.8. The highest BCUT2D eigenvalue weighted by atomic mass is 79.9. The number of methoxy groups -OCH3 is 1. The molecule has 0 spiro atoms. The Morgan fingerprint density at radius 1 is 1.44 bits per heavy atom. The van der Waals surface area contributed by atoms with Crippen LogP contribution < -0.4 is 5.32 Å². The summed E-state index contributed by atoms with van der Waals surface area (Å²) in [5, 5.41) is 3.51. The lowest BCUT2D eigenvalue weighted by molar-refractivity contribution is 0.167. The number of nitrogens with one attached hydrogen (secondary N) is 1. The number of ether oxygens (including phenoxy) is 1. The fraction of sp³-hybridized carbons (Fsp3) is 0.538. The van der Waals surface area contributed by atoms with Crippen LogP contribution in [0.25, 0.3) is 0 Å². The second kappa shape index (κ2) is 7.05. The molecule has 0 aliphatic rings. The van der Waals surface area contributed by atoms with E-state index in [2.05, 4.69) is 53.3 Å². The van der Waals surface area contributed by atoms with Crippen molar-refractivity contribution in [3.63, 3.8) is 0 Å². The van der Waals surface area contributed by atoms with Gasteiger partial charge in [0.25, 0.3) is 0 Å². The lowest BCUT2D eigenvalue weighted by Gasteiger charge is -2.20. The summed E-state index contributed by atoms with van der Waals surface area (Å²) in [5.41, 5.74) is 2.61. The van der Waals surface area contributed by atoms with E-state index in [0.29, 0.717) is 6.61 Å². The van der Waals surface area contributed by atoms with Crippen molar-refractivity contribution in [1.82, 2.24) is 5.32 Å². The van der Waals surface area contributed by atoms with Gasteiger partial charge in [-0.1, -0.05) is 28.9 Å². The Morgan fingerprint density at radius 2 is 2.19 bits per heavy atom. The monoisotopic (exact) mass is 285 g/mol. The summed E-state index contributed by atoms with van der Waals surface area (Å²) in [7, 11) is 1.74. The predicted octanol–water partition coefficient (Wildman–Crippen LogP) is 3.44. The summed E-state index contributed by atoms with van der Waals surface area (Å²) >= 11 is 3.52. The Kier molecular flexibility index (Phi) is 6.03. The van der Waals surface area contributed by atoms with E-state index in [-0.39, 0.29) is 6.04 Å². The van der Waals surface area contributed by atoms with E-state index in [9.17, 15) is 0 Å². The van der Waals surface area contributed by atoms with Crippen molar-refractivity contribution in [2.45, 2.75) is 26.3 Å². The molecule has 1 aromatic carbocycles. The molecule has 3 heteroatoms. The fourth-order valence-electron chi connectivity index (χ4n) is 1.73. The molecule has 90 valence electrons. The Labute approximate surface area is 107 Å². The second-order valence-electron chi connectivity index (χ2n) is 3.96. The lowest BCUT2D eigenvalue weighted by atomic mass is 10.0. The number of halogens is 1. The van der Waals surface area contributed by atoms with Gasteiger partial charge in [0.1, 0.15) is 0 Å². The highest BCUT2D eigenvalue weighted by Gasteiger charge is 2.12. The molecule has 0 amide bonds. The van der Waals surface area contributed by atoms with Gasteiger partial charge in [0.2, 0.25) is 0 Å². The maximum absolute atomic E-state index is 5.27. The van der Waals surface area contributed by atoms with Crippen LogP contribution in [0.1, 0.15) is 30.5 Å². The molecule has 0 aromatic heterocycles. The molecule has 0 saturated carbocycles. The molecular weight excluding hydrogens is 266 g/mol. The van der Waals surface area contributed by atoms with Crippen molar-refractivity contribution in [3.8, 4) is 0 Å². The second-order valence-corrected chi connectivity index (χ2v) is 4.88. The SMILES string of the molecule is CCCNC(COC)c1cc(Br)ccc1C. The van der Waals surface area contributed by atoms with Gasteiger partial charge in [-0.2, -0.15) is 0 Å². The van der Waals surface area contributed by atoms with Crippen molar-refractivity contribution in [2.75, 3.05) is 20.3 Å². The van der Waals surface area contributed by atoms with Crippen LogP contribution in [0, 0.1) is 6.92 Å². The molecule has 1 atom stereocenters. The van der Waals surface area contributed by atoms with Crippen molar-refractivity contribution >= 4 is 15.9 Å². The zero-order valence-electron chi connectivity index (χ0n) is 10.2. The van der Waals surface area contributed by atoms with Gasteiger partial charge in [-0.05, 0) is 43.1 Å². The number of benzene rings is 1. The minimum absolute atomic E-state index is 0.280. The van der Waals surface area contributed by atoms with E-state index >= 15 is 0 Å². The van der Waals surface area contributed by atoms with Gasteiger partial charge >= 0.3 is 0 Å². The van der Waals surface area contributed by atoms with Crippen LogP contribution in [-0.2, 0) is 4.74 Å².